The van der Waals surface area contributed by atoms with Gasteiger partial charge >= 0.3 is 0 Å². The van der Waals surface area contributed by atoms with E-state index in [2.05, 4.69) is 45.9 Å². The minimum atomic E-state index is -0.226. The third kappa shape index (κ3) is 6.96. The summed E-state index contributed by atoms with van der Waals surface area (Å²) in [6.45, 7) is 8.78. The Bertz CT molecular complexity index is 1320. The standard InChI is InChI=1S/C32H35N3O3/c1-5-13-32(4,19-24-9-7-11-28(15-24)36-21-33)27-14-25(16-30(18-27)38-23-35)20-31(3,6-2)26-10-8-12-29(17-26)37-22-34/h8-10,12,14-18H,5-7,11,13,19-20H2,1-4H3. The number of rotatable bonds is 12. The number of hydrogen-bond donors (Lipinski definition) is 0. The predicted molar refractivity (Wildman–Crippen MR) is 146 cm³/mol. The van der Waals surface area contributed by atoms with Gasteiger partial charge in [-0.25, -0.2) is 0 Å². The summed E-state index contributed by atoms with van der Waals surface area (Å²) in [5.41, 5.74) is 3.99. The van der Waals surface area contributed by atoms with Gasteiger partial charge in [-0.15, -0.1) is 15.8 Å². The van der Waals surface area contributed by atoms with Crippen molar-refractivity contribution in [3.63, 3.8) is 0 Å². The summed E-state index contributed by atoms with van der Waals surface area (Å²) in [5, 5.41) is 27.2. The van der Waals surface area contributed by atoms with Gasteiger partial charge in [-0.3, -0.25) is 0 Å². The fraction of sp³-hybridized carbons (Fsp3) is 0.406. The first kappa shape index (κ1) is 28.4. The quantitative estimate of drug-likeness (QED) is 0.270. The summed E-state index contributed by atoms with van der Waals surface area (Å²) in [4.78, 5) is 0. The molecule has 0 N–H and O–H groups in total. The van der Waals surface area contributed by atoms with Crippen LogP contribution < -0.4 is 9.47 Å². The maximum atomic E-state index is 9.32. The van der Waals surface area contributed by atoms with Gasteiger partial charge in [-0.05, 0) is 95.5 Å². The molecular formula is C32H35N3O3. The molecule has 1 aliphatic rings. The molecule has 2 unspecified atom stereocenters. The van der Waals surface area contributed by atoms with Crippen LogP contribution in [0.5, 0.6) is 11.5 Å². The molecule has 0 bridgehead atoms. The summed E-state index contributed by atoms with van der Waals surface area (Å²) in [7, 11) is 0. The molecule has 2 atom stereocenters. The van der Waals surface area contributed by atoms with Crippen molar-refractivity contribution < 1.29 is 14.2 Å². The smallest absolute Gasteiger partial charge is 0.292 e. The molecule has 6 nitrogen and oxygen atoms in total. The van der Waals surface area contributed by atoms with Crippen molar-refractivity contribution in [1.82, 2.24) is 0 Å². The number of hydrogen-bond acceptors (Lipinski definition) is 6. The molecule has 2 aromatic rings. The summed E-state index contributed by atoms with van der Waals surface area (Å²) in [6, 6.07) is 13.8. The Balaban J connectivity index is 2.02. The lowest BCUT2D eigenvalue weighted by molar-refractivity contribution is 0.351. The number of allylic oxidation sites excluding steroid dienone is 4. The van der Waals surface area contributed by atoms with E-state index in [0.717, 1.165) is 67.2 Å². The zero-order valence-electron chi connectivity index (χ0n) is 22.7. The van der Waals surface area contributed by atoms with Crippen molar-refractivity contribution >= 4 is 0 Å². The number of ether oxygens (including phenoxy) is 3. The van der Waals surface area contributed by atoms with E-state index < -0.39 is 0 Å². The van der Waals surface area contributed by atoms with Crippen molar-refractivity contribution in [2.24, 2.45) is 0 Å². The molecule has 3 rings (SSSR count). The second kappa shape index (κ2) is 12.8. The van der Waals surface area contributed by atoms with Crippen molar-refractivity contribution in [3.8, 4) is 30.3 Å². The number of nitriles is 3. The third-order valence-corrected chi connectivity index (χ3v) is 7.61. The van der Waals surface area contributed by atoms with E-state index in [4.69, 9.17) is 24.7 Å². The minimum Gasteiger partial charge on any atom is -0.393 e. The Hall–Kier alpha value is -4.21. The molecule has 38 heavy (non-hydrogen) atoms. The molecular weight excluding hydrogens is 474 g/mol. The van der Waals surface area contributed by atoms with Gasteiger partial charge < -0.3 is 14.2 Å². The normalized spacial score (nSPS) is 15.8. The molecule has 0 spiro atoms. The molecule has 0 radical (unpaired) electrons. The molecule has 0 amide bonds. The first-order valence-electron chi connectivity index (χ1n) is 13.1. The lowest BCUT2D eigenvalue weighted by atomic mass is 9.71. The Labute approximate surface area is 226 Å². The van der Waals surface area contributed by atoms with E-state index in [1.54, 1.807) is 18.6 Å². The topological polar surface area (TPSA) is 99.1 Å². The average Bonchev–Trinajstić information content (AvgIpc) is 2.89. The van der Waals surface area contributed by atoms with E-state index in [0.29, 0.717) is 17.3 Å². The summed E-state index contributed by atoms with van der Waals surface area (Å²) >= 11 is 0. The lowest BCUT2D eigenvalue weighted by Gasteiger charge is -2.33. The Morgan fingerprint density at radius 1 is 0.816 bits per heavy atom. The number of nitrogens with zero attached hydrogens (tertiary/aromatic N) is 3. The van der Waals surface area contributed by atoms with Crippen LogP contribution in [0.3, 0.4) is 0 Å². The molecule has 1 aliphatic carbocycles. The Morgan fingerprint density at radius 2 is 1.53 bits per heavy atom. The van der Waals surface area contributed by atoms with E-state index in [1.165, 1.54) is 0 Å². The zero-order chi connectivity index (χ0) is 27.6. The van der Waals surface area contributed by atoms with E-state index in [1.807, 2.05) is 36.6 Å². The molecule has 196 valence electrons. The van der Waals surface area contributed by atoms with Crippen molar-refractivity contribution in [2.75, 3.05) is 0 Å². The van der Waals surface area contributed by atoms with Gasteiger partial charge in [0.2, 0.25) is 0 Å². The van der Waals surface area contributed by atoms with Crippen molar-refractivity contribution in [1.29, 1.82) is 15.8 Å². The first-order valence-corrected chi connectivity index (χ1v) is 13.1. The van der Waals surface area contributed by atoms with Crippen molar-refractivity contribution in [3.05, 3.63) is 82.6 Å². The summed E-state index contributed by atoms with van der Waals surface area (Å²) in [5.74, 6) is 1.76. The van der Waals surface area contributed by atoms with Crippen LogP contribution in [0.25, 0.3) is 0 Å². The van der Waals surface area contributed by atoms with Crippen LogP contribution in [0, 0.1) is 34.6 Å². The molecule has 0 fully saturated rings. The average molecular weight is 510 g/mol. The summed E-state index contributed by atoms with van der Waals surface area (Å²) < 4.78 is 15.6. The molecule has 0 heterocycles. The van der Waals surface area contributed by atoms with Crippen LogP contribution in [0.2, 0.25) is 0 Å². The predicted octanol–water partition coefficient (Wildman–Crippen LogP) is 7.87. The highest BCUT2D eigenvalue weighted by Gasteiger charge is 2.31. The monoisotopic (exact) mass is 509 g/mol. The first-order chi connectivity index (χ1) is 18.3. The molecule has 0 saturated carbocycles. The van der Waals surface area contributed by atoms with Crippen LogP contribution in [0.1, 0.15) is 82.9 Å². The minimum absolute atomic E-state index is 0.209. The van der Waals surface area contributed by atoms with Gasteiger partial charge in [0.25, 0.3) is 18.8 Å². The van der Waals surface area contributed by atoms with Crippen LogP contribution in [-0.2, 0) is 22.0 Å². The lowest BCUT2D eigenvalue weighted by Crippen LogP contribution is -2.26. The summed E-state index contributed by atoms with van der Waals surface area (Å²) in [6.07, 6.45) is 15.5. The van der Waals surface area contributed by atoms with Gasteiger partial charge in [0.1, 0.15) is 17.3 Å². The third-order valence-electron chi connectivity index (χ3n) is 7.61. The zero-order valence-corrected chi connectivity index (χ0v) is 22.7. The maximum absolute atomic E-state index is 9.32. The molecule has 0 aliphatic heterocycles. The molecule has 0 aromatic heterocycles. The fourth-order valence-electron chi connectivity index (χ4n) is 5.43. The highest BCUT2D eigenvalue weighted by atomic mass is 16.5. The number of benzene rings is 2. The molecule has 0 saturated heterocycles. The van der Waals surface area contributed by atoms with Gasteiger partial charge in [-0.2, -0.15) is 0 Å². The van der Waals surface area contributed by atoms with Crippen LogP contribution >= 0.6 is 0 Å². The fourth-order valence-corrected chi connectivity index (χ4v) is 5.43. The second-order valence-corrected chi connectivity index (χ2v) is 10.5. The highest BCUT2D eigenvalue weighted by Crippen LogP contribution is 2.41. The van der Waals surface area contributed by atoms with E-state index in [-0.39, 0.29) is 10.8 Å². The molecule has 2 aromatic carbocycles. The van der Waals surface area contributed by atoms with Gasteiger partial charge in [0, 0.05) is 6.42 Å². The van der Waals surface area contributed by atoms with Crippen LogP contribution in [-0.4, -0.2) is 0 Å². The van der Waals surface area contributed by atoms with E-state index in [9.17, 15) is 5.26 Å². The Morgan fingerprint density at radius 3 is 2.21 bits per heavy atom. The maximum Gasteiger partial charge on any atom is 0.292 e. The van der Waals surface area contributed by atoms with Crippen molar-refractivity contribution in [2.45, 2.75) is 83.5 Å². The highest BCUT2D eigenvalue weighted by molar-refractivity contribution is 5.43. The van der Waals surface area contributed by atoms with Gasteiger partial charge in [0.05, 0.1) is 0 Å². The van der Waals surface area contributed by atoms with Crippen LogP contribution in [0.4, 0.5) is 0 Å². The van der Waals surface area contributed by atoms with Crippen LogP contribution in [0.15, 0.2) is 65.9 Å². The largest absolute Gasteiger partial charge is 0.393 e. The Kier molecular flexibility index (Phi) is 9.59. The SMILES string of the molecule is CCCC(C)(CC1=CCCC(OC#N)=C1)c1cc(CC(C)(CC)c2cccc(OC#N)c2)cc(OC#N)c1. The second-order valence-electron chi connectivity index (χ2n) is 10.5. The van der Waals surface area contributed by atoms with Gasteiger partial charge in [0.15, 0.2) is 0 Å². The van der Waals surface area contributed by atoms with Gasteiger partial charge in [-0.1, -0.05) is 58.4 Å². The molecule has 6 heteroatoms. The van der Waals surface area contributed by atoms with E-state index >= 15 is 0 Å².